The van der Waals surface area contributed by atoms with Gasteiger partial charge in [-0.2, -0.15) is 0 Å². The summed E-state index contributed by atoms with van der Waals surface area (Å²) in [7, 11) is 1.95. The van der Waals surface area contributed by atoms with Gasteiger partial charge in [0.25, 0.3) is 0 Å². The number of hydrogen-bond donors (Lipinski definition) is 3. The van der Waals surface area contributed by atoms with Gasteiger partial charge in [-0.05, 0) is 33.6 Å². The van der Waals surface area contributed by atoms with E-state index in [1.807, 2.05) is 29.8 Å². The molecule has 3 rings (SSSR count). The van der Waals surface area contributed by atoms with Crippen LogP contribution in [-0.4, -0.2) is 31.5 Å². The van der Waals surface area contributed by atoms with Crippen LogP contribution in [0.25, 0.3) is 11.0 Å². The second-order valence-corrected chi connectivity index (χ2v) is 6.13. The van der Waals surface area contributed by atoms with Crippen LogP contribution in [-0.2, 0) is 24.8 Å². The summed E-state index contributed by atoms with van der Waals surface area (Å²) in [6, 6.07) is 5.30. The molecule has 120 valence electrons. The van der Waals surface area contributed by atoms with Gasteiger partial charge in [0, 0.05) is 20.0 Å². The van der Waals surface area contributed by atoms with Gasteiger partial charge in [-0.25, -0.2) is 9.97 Å². The topological polar surface area (TPSA) is 102 Å². The standard InChI is InChI=1S/C15H17BrN6O/c1-22-8-21-11-4-9(2-3-13(11)22)6-18-15(23)10(17)5-12-14(16)20-7-19-12/h2-4,7-8,10H,5-6,17H2,1H3,(H,18,23)(H,19,20). The first-order chi connectivity index (χ1) is 11.0. The summed E-state index contributed by atoms with van der Waals surface area (Å²) in [5, 5.41) is 2.85. The van der Waals surface area contributed by atoms with Gasteiger partial charge in [0.15, 0.2) is 0 Å². The number of carbonyl (C=O) groups is 1. The van der Waals surface area contributed by atoms with E-state index < -0.39 is 6.04 Å². The fourth-order valence-corrected chi connectivity index (χ4v) is 2.75. The average Bonchev–Trinajstić information content (AvgIpc) is 3.11. The molecule has 3 aromatic rings. The molecule has 0 bridgehead atoms. The number of fused-ring (bicyclic) bond motifs is 1. The molecule has 0 aliphatic carbocycles. The molecule has 0 radical (unpaired) electrons. The number of aromatic nitrogens is 4. The van der Waals surface area contributed by atoms with Crippen molar-refractivity contribution in [1.82, 2.24) is 24.8 Å². The molecule has 1 unspecified atom stereocenters. The minimum absolute atomic E-state index is 0.201. The largest absolute Gasteiger partial charge is 0.351 e. The van der Waals surface area contributed by atoms with Crippen molar-refractivity contribution in [2.75, 3.05) is 0 Å². The van der Waals surface area contributed by atoms with E-state index in [0.29, 0.717) is 17.6 Å². The van der Waals surface area contributed by atoms with E-state index in [1.54, 1.807) is 12.7 Å². The zero-order valence-electron chi connectivity index (χ0n) is 12.6. The number of nitrogens with one attached hydrogen (secondary N) is 2. The van der Waals surface area contributed by atoms with Gasteiger partial charge in [-0.3, -0.25) is 4.79 Å². The molecule has 2 aromatic heterocycles. The highest BCUT2D eigenvalue weighted by Crippen LogP contribution is 2.14. The summed E-state index contributed by atoms with van der Waals surface area (Å²) < 4.78 is 2.64. The Balaban J connectivity index is 1.60. The van der Waals surface area contributed by atoms with Crippen molar-refractivity contribution < 1.29 is 4.79 Å². The van der Waals surface area contributed by atoms with Crippen molar-refractivity contribution in [2.45, 2.75) is 19.0 Å². The van der Waals surface area contributed by atoms with Gasteiger partial charge < -0.3 is 20.6 Å². The summed E-state index contributed by atoms with van der Waals surface area (Å²) in [6.45, 7) is 0.420. The average molecular weight is 377 g/mol. The lowest BCUT2D eigenvalue weighted by atomic mass is 10.1. The highest BCUT2D eigenvalue weighted by Gasteiger charge is 2.16. The van der Waals surface area contributed by atoms with Crippen molar-refractivity contribution in [3.8, 4) is 0 Å². The molecule has 0 fully saturated rings. The highest BCUT2D eigenvalue weighted by molar-refractivity contribution is 9.10. The molecule has 1 atom stereocenters. The van der Waals surface area contributed by atoms with E-state index in [1.165, 1.54) is 0 Å². The fraction of sp³-hybridized carbons (Fsp3) is 0.267. The number of aryl methyl sites for hydroxylation is 1. The van der Waals surface area contributed by atoms with Gasteiger partial charge in [0.1, 0.15) is 4.60 Å². The molecule has 0 aliphatic rings. The van der Waals surface area contributed by atoms with Crippen LogP contribution in [0.15, 0.2) is 35.5 Å². The predicted octanol–water partition coefficient (Wildman–Crippen LogP) is 1.25. The van der Waals surface area contributed by atoms with Crippen molar-refractivity contribution >= 4 is 32.9 Å². The Morgan fingerprint density at radius 1 is 1.48 bits per heavy atom. The number of carbonyl (C=O) groups excluding carboxylic acids is 1. The summed E-state index contributed by atoms with van der Waals surface area (Å²) in [4.78, 5) is 23.4. The van der Waals surface area contributed by atoms with Crippen LogP contribution in [0.3, 0.4) is 0 Å². The highest BCUT2D eigenvalue weighted by atomic mass is 79.9. The third kappa shape index (κ3) is 3.43. The van der Waals surface area contributed by atoms with Gasteiger partial charge in [-0.1, -0.05) is 6.07 Å². The SMILES string of the molecule is Cn1cnc2cc(CNC(=O)C(N)Cc3[nH]cnc3Br)ccc21. The molecule has 0 spiro atoms. The van der Waals surface area contributed by atoms with E-state index in [0.717, 1.165) is 22.3 Å². The van der Waals surface area contributed by atoms with Crippen LogP contribution in [0, 0.1) is 0 Å². The number of nitrogens with zero attached hydrogens (tertiary/aromatic N) is 3. The fourth-order valence-electron chi connectivity index (χ4n) is 2.37. The number of nitrogens with two attached hydrogens (primary N) is 1. The van der Waals surface area contributed by atoms with Crippen LogP contribution in [0.2, 0.25) is 0 Å². The minimum Gasteiger partial charge on any atom is -0.351 e. The number of benzene rings is 1. The Morgan fingerprint density at radius 3 is 3.04 bits per heavy atom. The first kappa shape index (κ1) is 15.7. The number of rotatable bonds is 5. The molecule has 0 saturated carbocycles. The maximum Gasteiger partial charge on any atom is 0.237 e. The Bertz CT molecular complexity index is 839. The molecule has 0 aliphatic heterocycles. The lowest BCUT2D eigenvalue weighted by Gasteiger charge is -2.12. The number of amides is 1. The monoisotopic (exact) mass is 376 g/mol. The minimum atomic E-state index is -0.634. The Hall–Kier alpha value is -2.19. The number of halogens is 1. The van der Waals surface area contributed by atoms with Crippen LogP contribution in [0.1, 0.15) is 11.3 Å². The molecule has 1 aromatic carbocycles. The Kier molecular flexibility index (Phi) is 4.44. The summed E-state index contributed by atoms with van der Waals surface area (Å²) in [5.41, 5.74) is 9.70. The van der Waals surface area contributed by atoms with E-state index in [4.69, 9.17) is 5.73 Å². The van der Waals surface area contributed by atoms with Gasteiger partial charge >= 0.3 is 0 Å². The summed E-state index contributed by atoms with van der Waals surface area (Å²) in [6.07, 6.45) is 3.73. The molecule has 1 amide bonds. The molecule has 4 N–H and O–H groups in total. The second-order valence-electron chi connectivity index (χ2n) is 5.38. The van der Waals surface area contributed by atoms with Gasteiger partial charge in [0.05, 0.1) is 35.4 Å². The maximum absolute atomic E-state index is 12.1. The number of aromatic amines is 1. The van der Waals surface area contributed by atoms with E-state index in [2.05, 4.69) is 36.2 Å². The number of H-pyrrole nitrogens is 1. The van der Waals surface area contributed by atoms with E-state index in [9.17, 15) is 4.79 Å². The van der Waals surface area contributed by atoms with Gasteiger partial charge in [0.2, 0.25) is 5.91 Å². The lowest BCUT2D eigenvalue weighted by Crippen LogP contribution is -2.41. The van der Waals surface area contributed by atoms with E-state index in [-0.39, 0.29) is 5.91 Å². The Morgan fingerprint density at radius 2 is 2.30 bits per heavy atom. The summed E-state index contributed by atoms with van der Waals surface area (Å²) in [5.74, 6) is -0.201. The first-order valence-corrected chi connectivity index (χ1v) is 7.95. The van der Waals surface area contributed by atoms with Crippen LogP contribution < -0.4 is 11.1 Å². The van der Waals surface area contributed by atoms with Crippen LogP contribution in [0.5, 0.6) is 0 Å². The molecule has 7 nitrogen and oxygen atoms in total. The molecule has 23 heavy (non-hydrogen) atoms. The quantitative estimate of drug-likeness (QED) is 0.623. The maximum atomic E-state index is 12.1. The predicted molar refractivity (Wildman–Crippen MR) is 90.5 cm³/mol. The van der Waals surface area contributed by atoms with Crippen molar-refractivity contribution in [3.05, 3.63) is 46.7 Å². The zero-order chi connectivity index (χ0) is 16.4. The number of hydrogen-bond acceptors (Lipinski definition) is 4. The van der Waals surface area contributed by atoms with Crippen LogP contribution >= 0.6 is 15.9 Å². The van der Waals surface area contributed by atoms with Gasteiger partial charge in [-0.15, -0.1) is 0 Å². The van der Waals surface area contributed by atoms with Crippen LogP contribution in [0.4, 0.5) is 0 Å². The first-order valence-electron chi connectivity index (χ1n) is 7.15. The van der Waals surface area contributed by atoms with Crippen molar-refractivity contribution in [3.63, 3.8) is 0 Å². The van der Waals surface area contributed by atoms with E-state index >= 15 is 0 Å². The smallest absolute Gasteiger partial charge is 0.237 e. The van der Waals surface area contributed by atoms with Crippen molar-refractivity contribution in [2.24, 2.45) is 12.8 Å². The van der Waals surface area contributed by atoms with Crippen molar-refractivity contribution in [1.29, 1.82) is 0 Å². The second kappa shape index (κ2) is 6.51. The molecular weight excluding hydrogens is 360 g/mol. The Labute approximate surface area is 141 Å². The lowest BCUT2D eigenvalue weighted by molar-refractivity contribution is -0.122. The molecule has 0 saturated heterocycles. The normalized spacial score (nSPS) is 12.5. The zero-order valence-corrected chi connectivity index (χ0v) is 14.2. The third-order valence-electron chi connectivity index (χ3n) is 3.68. The third-order valence-corrected chi connectivity index (χ3v) is 4.37. The molecule has 2 heterocycles. The summed E-state index contributed by atoms with van der Waals surface area (Å²) >= 11 is 3.31. The molecular formula is C15H17BrN6O. The molecule has 8 heteroatoms. The number of imidazole rings is 2.